The maximum Gasteiger partial charge on any atom is 0.220 e. The average Bonchev–Trinajstić information content (AvgIpc) is 1.85. The van der Waals surface area contributed by atoms with Gasteiger partial charge in [-0.15, -0.1) is 11.6 Å². The van der Waals surface area contributed by atoms with Crippen molar-refractivity contribution < 1.29 is 4.79 Å². The van der Waals surface area contributed by atoms with E-state index in [1.54, 1.807) is 0 Å². The summed E-state index contributed by atoms with van der Waals surface area (Å²) in [6.07, 6.45) is 2.30. The lowest BCUT2D eigenvalue weighted by Gasteiger charge is -2.25. The van der Waals surface area contributed by atoms with Crippen LogP contribution in [0.1, 0.15) is 40.0 Å². The molecule has 1 amide bonds. The van der Waals surface area contributed by atoms with Crippen LogP contribution in [0.4, 0.5) is 0 Å². The van der Waals surface area contributed by atoms with E-state index >= 15 is 0 Å². The normalized spacial score (nSPS) is 11.3. The lowest BCUT2D eigenvalue weighted by Crippen LogP contribution is -2.43. The van der Waals surface area contributed by atoms with Crippen LogP contribution in [0, 0.1) is 0 Å². The Hall–Kier alpha value is -0.240. The second kappa shape index (κ2) is 5.41. The molecule has 0 aliphatic rings. The first-order chi connectivity index (χ1) is 5.52. The molecule has 0 fully saturated rings. The van der Waals surface area contributed by atoms with Gasteiger partial charge in [-0.25, -0.2) is 0 Å². The molecular formula is C9H18ClNO. The maximum atomic E-state index is 11.2. The Morgan fingerprint density at radius 2 is 2.08 bits per heavy atom. The van der Waals surface area contributed by atoms with Gasteiger partial charge in [0, 0.05) is 17.8 Å². The zero-order valence-corrected chi connectivity index (χ0v) is 8.87. The largest absolute Gasteiger partial charge is 0.351 e. The molecule has 0 unspecified atom stereocenters. The molecular weight excluding hydrogens is 174 g/mol. The number of carbonyl (C=O) groups excluding carboxylic acids is 1. The SMILES string of the molecule is CCCC(=O)NC(C)(C)CCCl. The number of amides is 1. The summed E-state index contributed by atoms with van der Waals surface area (Å²) in [5.74, 6) is 0.701. The summed E-state index contributed by atoms with van der Waals surface area (Å²) in [5.41, 5.74) is -0.159. The van der Waals surface area contributed by atoms with Gasteiger partial charge in [0.15, 0.2) is 0 Å². The van der Waals surface area contributed by atoms with Crippen LogP contribution in [-0.4, -0.2) is 17.3 Å². The summed E-state index contributed by atoms with van der Waals surface area (Å²) >= 11 is 5.60. The Balaban J connectivity index is 3.79. The Labute approximate surface area is 79.7 Å². The third kappa shape index (κ3) is 5.42. The monoisotopic (exact) mass is 191 g/mol. The summed E-state index contributed by atoms with van der Waals surface area (Å²) in [6, 6.07) is 0. The van der Waals surface area contributed by atoms with Crippen molar-refractivity contribution in [1.29, 1.82) is 0 Å². The van der Waals surface area contributed by atoms with E-state index < -0.39 is 0 Å². The number of hydrogen-bond acceptors (Lipinski definition) is 1. The minimum absolute atomic E-state index is 0.118. The van der Waals surface area contributed by atoms with Gasteiger partial charge in [0.25, 0.3) is 0 Å². The van der Waals surface area contributed by atoms with Crippen LogP contribution < -0.4 is 5.32 Å². The number of nitrogens with one attached hydrogen (secondary N) is 1. The highest BCUT2D eigenvalue weighted by molar-refractivity contribution is 6.17. The van der Waals surface area contributed by atoms with E-state index in [1.165, 1.54) is 0 Å². The third-order valence-electron chi connectivity index (χ3n) is 1.67. The van der Waals surface area contributed by atoms with Gasteiger partial charge in [-0.2, -0.15) is 0 Å². The van der Waals surface area contributed by atoms with Crippen molar-refractivity contribution in [2.45, 2.75) is 45.6 Å². The van der Waals surface area contributed by atoms with Gasteiger partial charge < -0.3 is 5.32 Å². The molecule has 0 spiro atoms. The van der Waals surface area contributed by atoms with Gasteiger partial charge in [-0.3, -0.25) is 4.79 Å². The predicted octanol–water partition coefficient (Wildman–Crippen LogP) is 2.31. The number of carbonyl (C=O) groups is 1. The van der Waals surface area contributed by atoms with Gasteiger partial charge in [0.2, 0.25) is 5.91 Å². The van der Waals surface area contributed by atoms with Crippen LogP contribution in [-0.2, 0) is 4.79 Å². The van der Waals surface area contributed by atoms with Gasteiger partial charge in [-0.05, 0) is 26.7 Å². The molecule has 0 saturated heterocycles. The first kappa shape index (κ1) is 11.8. The van der Waals surface area contributed by atoms with E-state index in [0.29, 0.717) is 12.3 Å². The molecule has 12 heavy (non-hydrogen) atoms. The molecule has 3 heteroatoms. The van der Waals surface area contributed by atoms with E-state index in [4.69, 9.17) is 11.6 Å². The Morgan fingerprint density at radius 1 is 1.50 bits per heavy atom. The van der Waals surface area contributed by atoms with Gasteiger partial charge in [-0.1, -0.05) is 6.92 Å². The molecule has 0 aromatic rings. The van der Waals surface area contributed by atoms with Crippen LogP contribution in [0.2, 0.25) is 0 Å². The fourth-order valence-corrected chi connectivity index (χ4v) is 1.44. The molecule has 0 aromatic heterocycles. The smallest absolute Gasteiger partial charge is 0.220 e. The minimum Gasteiger partial charge on any atom is -0.351 e. The third-order valence-corrected chi connectivity index (χ3v) is 1.86. The van der Waals surface area contributed by atoms with E-state index in [9.17, 15) is 4.79 Å². The van der Waals surface area contributed by atoms with Crippen LogP contribution in [0.5, 0.6) is 0 Å². The van der Waals surface area contributed by atoms with Crippen molar-refractivity contribution in [3.05, 3.63) is 0 Å². The molecule has 0 atom stereocenters. The van der Waals surface area contributed by atoms with Gasteiger partial charge >= 0.3 is 0 Å². The molecule has 0 rings (SSSR count). The summed E-state index contributed by atoms with van der Waals surface area (Å²) in [4.78, 5) is 11.2. The topological polar surface area (TPSA) is 29.1 Å². The zero-order chi connectivity index (χ0) is 9.61. The van der Waals surface area contributed by atoms with Crippen LogP contribution in [0.3, 0.4) is 0 Å². The molecule has 0 bridgehead atoms. The summed E-state index contributed by atoms with van der Waals surface area (Å²) in [5, 5.41) is 2.93. The quantitative estimate of drug-likeness (QED) is 0.664. The predicted molar refractivity (Wildman–Crippen MR) is 52.5 cm³/mol. The Morgan fingerprint density at radius 3 is 2.50 bits per heavy atom. The summed E-state index contributed by atoms with van der Waals surface area (Å²) in [6.45, 7) is 5.97. The lowest BCUT2D eigenvalue weighted by atomic mass is 10.0. The molecule has 1 N–H and O–H groups in total. The molecule has 0 saturated carbocycles. The van der Waals surface area contributed by atoms with E-state index in [-0.39, 0.29) is 11.4 Å². The second-order valence-corrected chi connectivity index (χ2v) is 4.00. The summed E-state index contributed by atoms with van der Waals surface area (Å²) in [7, 11) is 0. The first-order valence-corrected chi connectivity index (χ1v) is 4.92. The standard InChI is InChI=1S/C9H18ClNO/c1-4-5-8(12)11-9(2,3)6-7-10/h4-7H2,1-3H3,(H,11,12). The molecule has 0 radical (unpaired) electrons. The molecule has 0 heterocycles. The van der Waals surface area contributed by atoms with Crippen molar-refractivity contribution in [1.82, 2.24) is 5.32 Å². The lowest BCUT2D eigenvalue weighted by molar-refractivity contribution is -0.122. The molecule has 0 aromatic carbocycles. The highest BCUT2D eigenvalue weighted by Crippen LogP contribution is 2.09. The first-order valence-electron chi connectivity index (χ1n) is 4.39. The fraction of sp³-hybridized carbons (Fsp3) is 0.889. The van der Waals surface area contributed by atoms with E-state index in [0.717, 1.165) is 12.8 Å². The molecule has 0 aliphatic heterocycles. The number of rotatable bonds is 5. The maximum absolute atomic E-state index is 11.2. The highest BCUT2D eigenvalue weighted by atomic mass is 35.5. The minimum atomic E-state index is -0.159. The molecule has 0 aliphatic carbocycles. The zero-order valence-electron chi connectivity index (χ0n) is 8.11. The van der Waals surface area contributed by atoms with Crippen LogP contribution in [0.15, 0.2) is 0 Å². The van der Waals surface area contributed by atoms with Crippen molar-refractivity contribution in [3.8, 4) is 0 Å². The highest BCUT2D eigenvalue weighted by Gasteiger charge is 2.18. The number of alkyl halides is 1. The molecule has 72 valence electrons. The van der Waals surface area contributed by atoms with Crippen molar-refractivity contribution >= 4 is 17.5 Å². The number of halogens is 1. The number of hydrogen-bond donors (Lipinski definition) is 1. The van der Waals surface area contributed by atoms with Crippen molar-refractivity contribution in [2.24, 2.45) is 0 Å². The van der Waals surface area contributed by atoms with Crippen molar-refractivity contribution in [2.75, 3.05) is 5.88 Å². The summed E-state index contributed by atoms with van der Waals surface area (Å²) < 4.78 is 0. The van der Waals surface area contributed by atoms with E-state index in [1.807, 2.05) is 20.8 Å². The average molecular weight is 192 g/mol. The van der Waals surface area contributed by atoms with Crippen LogP contribution >= 0.6 is 11.6 Å². The van der Waals surface area contributed by atoms with Gasteiger partial charge in [0.05, 0.1) is 0 Å². The Bertz CT molecular complexity index is 145. The van der Waals surface area contributed by atoms with Gasteiger partial charge in [0.1, 0.15) is 0 Å². The second-order valence-electron chi connectivity index (χ2n) is 3.62. The molecule has 2 nitrogen and oxygen atoms in total. The van der Waals surface area contributed by atoms with E-state index in [2.05, 4.69) is 5.32 Å². The Kier molecular flexibility index (Phi) is 5.31. The van der Waals surface area contributed by atoms with Crippen molar-refractivity contribution in [3.63, 3.8) is 0 Å². The fourth-order valence-electron chi connectivity index (χ4n) is 0.966. The van der Waals surface area contributed by atoms with Crippen LogP contribution in [0.25, 0.3) is 0 Å².